The van der Waals surface area contributed by atoms with E-state index >= 15 is 0 Å². The molecule has 0 radical (unpaired) electrons. The molecular weight excluding hydrogens is 244 g/mol. The van der Waals surface area contributed by atoms with Gasteiger partial charge in [0.15, 0.2) is 0 Å². The molecule has 0 aliphatic heterocycles. The molecule has 19 heavy (non-hydrogen) atoms. The minimum atomic E-state index is -5.68. The molecule has 0 fully saturated rings. The first-order chi connectivity index (χ1) is 7.49. The van der Waals surface area contributed by atoms with Crippen molar-refractivity contribution in [3.05, 3.63) is 60.7 Å². The summed E-state index contributed by atoms with van der Waals surface area (Å²) in [5.41, 5.74) is 0. The zero-order chi connectivity index (χ0) is 11.7. The molecule has 0 spiro atoms. The van der Waals surface area contributed by atoms with Crippen LogP contribution in [0.1, 0.15) is 0 Å². The molecule has 2 aromatic rings. The van der Waals surface area contributed by atoms with Gasteiger partial charge in [0.2, 0.25) is 0 Å². The van der Waals surface area contributed by atoms with E-state index in [1.807, 2.05) is 0 Å². The van der Waals surface area contributed by atoms with E-state index in [1.165, 1.54) is 48.5 Å². The van der Waals surface area contributed by atoms with Crippen LogP contribution in [0.2, 0.25) is 0 Å². The van der Waals surface area contributed by atoms with Gasteiger partial charge in [-0.2, -0.15) is 0 Å². The summed E-state index contributed by atoms with van der Waals surface area (Å²) in [6.45, 7) is 0. The number of benzene rings is 2. The van der Waals surface area contributed by atoms with Crippen LogP contribution in [0.4, 0.5) is 0 Å². The molecule has 0 aliphatic rings. The number of hydrogen-bond donors (Lipinski definition) is 0. The van der Waals surface area contributed by atoms with Crippen LogP contribution in [0, 0.1) is 0 Å². The molecule has 3 nitrogen and oxygen atoms in total. The van der Waals surface area contributed by atoms with Crippen molar-refractivity contribution in [3.8, 4) is 0 Å². The van der Waals surface area contributed by atoms with Gasteiger partial charge in [0.1, 0.15) is 0 Å². The van der Waals surface area contributed by atoms with Crippen molar-refractivity contribution in [2.45, 2.75) is 0 Å². The van der Waals surface area contributed by atoms with E-state index in [0.29, 0.717) is 0 Å². The first-order valence-electron chi connectivity index (χ1n) is 4.82. The Labute approximate surface area is 149 Å². The predicted molar refractivity (Wildman–Crippen MR) is 59.1 cm³/mol. The maximum atomic E-state index is 12.1. The van der Waals surface area contributed by atoms with Gasteiger partial charge in [-0.05, 0) is 0 Å². The number of hydrogen-bond acceptors (Lipinski definition) is 3. The maximum absolute atomic E-state index is 12.1. The molecule has 0 saturated carbocycles. The van der Waals surface area contributed by atoms with Gasteiger partial charge < -0.3 is 0 Å². The van der Waals surface area contributed by atoms with Gasteiger partial charge in [-0.25, -0.2) is 0 Å². The second-order valence-corrected chi connectivity index (χ2v) is 6.35. The van der Waals surface area contributed by atoms with Crippen LogP contribution in [0.3, 0.4) is 0 Å². The van der Waals surface area contributed by atoms with Gasteiger partial charge in [0.05, 0.1) is 0 Å². The SMILES string of the molecule is [Li+].[Li+].[Li+].[O-]P([O-])([O-])(c1ccccc1)c1ccccc1. The Balaban J connectivity index is 0. The molecule has 7 heteroatoms. The predicted octanol–water partition coefficient (Wildman–Crippen LogP) is -9.97. The average molecular weight is 254 g/mol. The van der Waals surface area contributed by atoms with E-state index < -0.39 is 7.28 Å². The summed E-state index contributed by atoms with van der Waals surface area (Å²) in [6, 6.07) is 14.7. The van der Waals surface area contributed by atoms with Crippen molar-refractivity contribution in [2.75, 3.05) is 0 Å². The molecule has 2 rings (SSSR count). The molecule has 2 aromatic carbocycles. The van der Waals surface area contributed by atoms with E-state index in [-0.39, 0.29) is 67.2 Å². The molecule has 0 amide bonds. The molecule has 0 aromatic heterocycles. The van der Waals surface area contributed by atoms with Crippen molar-refractivity contribution >= 4 is 17.9 Å². The normalized spacial score (nSPS) is 11.8. The zero-order valence-corrected chi connectivity index (χ0v) is 12.3. The van der Waals surface area contributed by atoms with E-state index in [4.69, 9.17) is 0 Å². The topological polar surface area (TPSA) is 69.2 Å². The van der Waals surface area contributed by atoms with Crippen LogP contribution in [0.25, 0.3) is 0 Å². The minimum absolute atomic E-state index is 0. The van der Waals surface area contributed by atoms with Crippen molar-refractivity contribution < 1.29 is 71.3 Å². The van der Waals surface area contributed by atoms with E-state index in [9.17, 15) is 14.7 Å². The van der Waals surface area contributed by atoms with Crippen LogP contribution in [0.15, 0.2) is 60.7 Å². The van der Waals surface area contributed by atoms with Crippen molar-refractivity contribution in [1.82, 2.24) is 0 Å². The van der Waals surface area contributed by atoms with E-state index in [1.54, 1.807) is 12.1 Å². The molecule has 0 saturated heterocycles. The third kappa shape index (κ3) is 4.79. The van der Waals surface area contributed by atoms with Crippen LogP contribution in [-0.4, -0.2) is 0 Å². The van der Waals surface area contributed by atoms with E-state index in [2.05, 4.69) is 0 Å². The molecule has 0 atom stereocenters. The van der Waals surface area contributed by atoms with Crippen LogP contribution in [0.5, 0.6) is 0 Å². The Morgan fingerprint density at radius 2 is 0.789 bits per heavy atom. The van der Waals surface area contributed by atoms with Crippen molar-refractivity contribution in [3.63, 3.8) is 0 Å². The summed E-state index contributed by atoms with van der Waals surface area (Å²) in [4.78, 5) is 36.3. The first-order valence-corrected chi connectivity index (χ1v) is 6.81. The van der Waals surface area contributed by atoms with Gasteiger partial charge in [0, 0.05) is 0 Å². The first kappa shape index (κ1) is 21.8. The van der Waals surface area contributed by atoms with E-state index in [0.717, 1.165) is 0 Å². The third-order valence-corrected chi connectivity index (χ3v) is 4.78. The Morgan fingerprint density at radius 3 is 1.05 bits per heavy atom. The van der Waals surface area contributed by atoms with Gasteiger partial charge in [0.25, 0.3) is 0 Å². The molecular formula is C12H10Li3O3P. The summed E-state index contributed by atoms with van der Waals surface area (Å²) in [6.07, 6.45) is 0. The van der Waals surface area contributed by atoms with Gasteiger partial charge in [-0.15, -0.1) is 0 Å². The van der Waals surface area contributed by atoms with Crippen molar-refractivity contribution in [1.29, 1.82) is 0 Å². The van der Waals surface area contributed by atoms with Crippen LogP contribution in [-0.2, 0) is 0 Å². The fourth-order valence-electron chi connectivity index (χ4n) is 1.52. The second kappa shape index (κ2) is 8.10. The second-order valence-electron chi connectivity index (χ2n) is 3.55. The Kier molecular flexibility index (Phi) is 9.31. The molecule has 84 valence electrons. The van der Waals surface area contributed by atoms with Crippen molar-refractivity contribution in [2.24, 2.45) is 0 Å². The molecule has 0 heterocycles. The fourth-order valence-corrected chi connectivity index (χ4v) is 3.19. The zero-order valence-electron chi connectivity index (χ0n) is 11.4. The molecule has 0 unspecified atom stereocenters. The third-order valence-electron chi connectivity index (χ3n) is 2.40. The Morgan fingerprint density at radius 1 is 0.526 bits per heavy atom. The standard InChI is InChI=1S/C12H10O3P.3Li/c13-16(14,15,11-7-3-1-4-8-11)12-9-5-2-6-10-12;;;/h1-10H;;;/q-3;3*+1. The van der Waals surface area contributed by atoms with Crippen LogP contribution >= 0.6 is 7.28 Å². The average Bonchev–Trinajstić information content (AvgIpc) is 2.31. The summed E-state index contributed by atoms with van der Waals surface area (Å²) in [5, 5.41) is -0.389. The van der Waals surface area contributed by atoms with Crippen LogP contribution < -0.4 is 81.9 Å². The Bertz CT molecular complexity index is 442. The van der Waals surface area contributed by atoms with Gasteiger partial charge >= 0.3 is 150 Å². The summed E-state index contributed by atoms with van der Waals surface area (Å²) >= 11 is 0. The van der Waals surface area contributed by atoms with Gasteiger partial charge in [-0.1, -0.05) is 0 Å². The fraction of sp³-hybridized carbons (Fsp3) is 0. The molecule has 0 N–H and O–H groups in total. The quantitative estimate of drug-likeness (QED) is 0.394. The van der Waals surface area contributed by atoms with Gasteiger partial charge in [-0.3, -0.25) is 0 Å². The Hall–Kier alpha value is 0.542. The summed E-state index contributed by atoms with van der Waals surface area (Å²) < 4.78 is 0. The summed E-state index contributed by atoms with van der Waals surface area (Å²) in [5.74, 6) is 0. The number of rotatable bonds is 2. The molecule has 0 aliphatic carbocycles. The summed E-state index contributed by atoms with van der Waals surface area (Å²) in [7, 11) is -5.68. The monoisotopic (exact) mass is 254 g/mol. The molecule has 0 bridgehead atoms.